The Morgan fingerprint density at radius 2 is 2.00 bits per heavy atom. The van der Waals surface area contributed by atoms with Crippen LogP contribution in [0, 0.1) is 5.92 Å². The summed E-state index contributed by atoms with van der Waals surface area (Å²) in [5.74, 6) is 0.330. The second-order valence-corrected chi connectivity index (χ2v) is 6.64. The van der Waals surface area contributed by atoms with Crippen LogP contribution in [0.5, 0.6) is 0 Å². The molecular weight excluding hydrogens is 264 g/mol. The van der Waals surface area contributed by atoms with E-state index in [1.807, 2.05) is 0 Å². The molecule has 5 nitrogen and oxygen atoms in total. The van der Waals surface area contributed by atoms with Crippen LogP contribution in [0.1, 0.15) is 30.6 Å². The highest BCUT2D eigenvalue weighted by Gasteiger charge is 2.08. The molecule has 0 saturated carbocycles. The SMILES string of the molecule is CC(C)CCNC(=O)c1cccc(NS(C)(=O)=O)c1. The van der Waals surface area contributed by atoms with Crippen LogP contribution in [-0.4, -0.2) is 27.1 Å². The van der Waals surface area contributed by atoms with Gasteiger partial charge >= 0.3 is 0 Å². The molecule has 106 valence electrons. The van der Waals surface area contributed by atoms with E-state index < -0.39 is 10.0 Å². The molecule has 0 aliphatic heterocycles. The van der Waals surface area contributed by atoms with E-state index in [1.165, 1.54) is 6.07 Å². The van der Waals surface area contributed by atoms with Gasteiger partial charge in [0.2, 0.25) is 10.0 Å². The standard InChI is InChI=1S/C13H20N2O3S/c1-10(2)7-8-14-13(16)11-5-4-6-12(9-11)15-19(3,17)18/h4-6,9-10,15H,7-8H2,1-3H3,(H,14,16). The normalized spacial score (nSPS) is 11.4. The lowest BCUT2D eigenvalue weighted by atomic mass is 10.1. The fraction of sp³-hybridized carbons (Fsp3) is 0.462. The Morgan fingerprint density at radius 3 is 2.58 bits per heavy atom. The number of carbonyl (C=O) groups excluding carboxylic acids is 1. The summed E-state index contributed by atoms with van der Waals surface area (Å²) in [4.78, 5) is 11.9. The maximum atomic E-state index is 11.9. The minimum absolute atomic E-state index is 0.196. The summed E-state index contributed by atoms with van der Waals surface area (Å²) in [6.07, 6.45) is 1.98. The van der Waals surface area contributed by atoms with Crippen molar-refractivity contribution in [3.8, 4) is 0 Å². The summed E-state index contributed by atoms with van der Waals surface area (Å²) >= 11 is 0. The van der Waals surface area contributed by atoms with Gasteiger partial charge in [0.1, 0.15) is 0 Å². The smallest absolute Gasteiger partial charge is 0.251 e. The Morgan fingerprint density at radius 1 is 1.32 bits per heavy atom. The van der Waals surface area contributed by atoms with E-state index in [9.17, 15) is 13.2 Å². The highest BCUT2D eigenvalue weighted by atomic mass is 32.2. The Balaban J connectivity index is 2.68. The summed E-state index contributed by atoms with van der Waals surface area (Å²) < 4.78 is 24.6. The molecule has 0 spiro atoms. The molecule has 0 aromatic heterocycles. The van der Waals surface area contributed by atoms with Crippen molar-refractivity contribution in [1.29, 1.82) is 0 Å². The lowest BCUT2D eigenvalue weighted by Crippen LogP contribution is -2.25. The van der Waals surface area contributed by atoms with E-state index in [2.05, 4.69) is 23.9 Å². The summed E-state index contributed by atoms with van der Waals surface area (Å²) in [5, 5.41) is 2.80. The maximum absolute atomic E-state index is 11.9. The zero-order chi connectivity index (χ0) is 14.5. The summed E-state index contributed by atoms with van der Waals surface area (Å²) in [6.45, 7) is 4.78. The van der Waals surface area contributed by atoms with E-state index in [1.54, 1.807) is 18.2 Å². The van der Waals surface area contributed by atoms with E-state index >= 15 is 0 Å². The van der Waals surface area contributed by atoms with Crippen LogP contribution < -0.4 is 10.0 Å². The molecule has 0 radical (unpaired) electrons. The predicted octanol–water partition coefficient (Wildman–Crippen LogP) is 1.83. The first-order valence-corrected chi connectivity index (χ1v) is 8.03. The van der Waals surface area contributed by atoms with Crippen molar-refractivity contribution in [3.05, 3.63) is 29.8 Å². The second kappa shape index (κ2) is 6.56. The van der Waals surface area contributed by atoms with Crippen LogP contribution in [0.2, 0.25) is 0 Å². The number of hydrogen-bond donors (Lipinski definition) is 2. The third-order valence-electron chi connectivity index (χ3n) is 2.44. The molecular formula is C13H20N2O3S. The van der Waals surface area contributed by atoms with Gasteiger partial charge in [0.15, 0.2) is 0 Å². The van der Waals surface area contributed by atoms with Crippen LogP contribution in [0.25, 0.3) is 0 Å². The third-order valence-corrected chi connectivity index (χ3v) is 3.04. The first-order chi connectivity index (χ1) is 8.78. The van der Waals surface area contributed by atoms with Gasteiger partial charge in [0.25, 0.3) is 5.91 Å². The van der Waals surface area contributed by atoms with Gasteiger partial charge < -0.3 is 5.32 Å². The summed E-state index contributed by atoms with van der Waals surface area (Å²) in [5.41, 5.74) is 0.830. The van der Waals surface area contributed by atoms with Crippen LogP contribution in [0.15, 0.2) is 24.3 Å². The Labute approximate surface area is 114 Å². The lowest BCUT2D eigenvalue weighted by Gasteiger charge is -2.09. The molecule has 0 fully saturated rings. The van der Waals surface area contributed by atoms with Crippen molar-refractivity contribution in [2.24, 2.45) is 5.92 Å². The molecule has 1 aromatic carbocycles. The predicted molar refractivity (Wildman–Crippen MR) is 76.7 cm³/mol. The number of rotatable bonds is 6. The Kier molecular flexibility index (Phi) is 5.35. The van der Waals surface area contributed by atoms with Gasteiger partial charge in [-0.1, -0.05) is 19.9 Å². The molecule has 0 aliphatic carbocycles. The van der Waals surface area contributed by atoms with Gasteiger partial charge in [-0.15, -0.1) is 0 Å². The molecule has 0 aliphatic rings. The number of nitrogens with one attached hydrogen (secondary N) is 2. The average Bonchev–Trinajstić information content (AvgIpc) is 2.26. The molecule has 0 bridgehead atoms. The highest BCUT2D eigenvalue weighted by Crippen LogP contribution is 2.12. The molecule has 2 N–H and O–H groups in total. The third kappa shape index (κ3) is 6.24. The zero-order valence-corrected chi connectivity index (χ0v) is 12.3. The van der Waals surface area contributed by atoms with Crippen molar-refractivity contribution in [2.75, 3.05) is 17.5 Å². The van der Waals surface area contributed by atoms with E-state index in [4.69, 9.17) is 0 Å². The minimum Gasteiger partial charge on any atom is -0.352 e. The van der Waals surface area contributed by atoms with E-state index in [-0.39, 0.29) is 5.91 Å². The fourth-order valence-corrected chi connectivity index (χ4v) is 2.07. The largest absolute Gasteiger partial charge is 0.352 e. The number of anilines is 1. The average molecular weight is 284 g/mol. The second-order valence-electron chi connectivity index (χ2n) is 4.89. The monoisotopic (exact) mass is 284 g/mol. The summed E-state index contributed by atoms with van der Waals surface area (Å²) in [6, 6.07) is 6.42. The number of benzene rings is 1. The topological polar surface area (TPSA) is 75.3 Å². The number of amides is 1. The number of carbonyl (C=O) groups is 1. The Hall–Kier alpha value is -1.56. The molecule has 6 heteroatoms. The minimum atomic E-state index is -3.33. The van der Waals surface area contributed by atoms with Crippen LogP contribution in [0.3, 0.4) is 0 Å². The van der Waals surface area contributed by atoms with Crippen molar-refractivity contribution >= 4 is 21.6 Å². The van der Waals surface area contributed by atoms with Gasteiger partial charge in [0, 0.05) is 17.8 Å². The number of sulfonamides is 1. The van der Waals surface area contributed by atoms with Crippen molar-refractivity contribution in [2.45, 2.75) is 20.3 Å². The van der Waals surface area contributed by atoms with Crippen LogP contribution in [-0.2, 0) is 10.0 Å². The molecule has 0 unspecified atom stereocenters. The molecule has 1 rings (SSSR count). The van der Waals surface area contributed by atoms with Crippen molar-refractivity contribution in [3.63, 3.8) is 0 Å². The molecule has 1 amide bonds. The van der Waals surface area contributed by atoms with E-state index in [0.29, 0.717) is 23.7 Å². The first-order valence-electron chi connectivity index (χ1n) is 6.14. The van der Waals surface area contributed by atoms with Crippen molar-refractivity contribution < 1.29 is 13.2 Å². The molecule has 0 atom stereocenters. The maximum Gasteiger partial charge on any atom is 0.251 e. The van der Waals surface area contributed by atoms with Crippen LogP contribution >= 0.6 is 0 Å². The van der Waals surface area contributed by atoms with Gasteiger partial charge in [-0.25, -0.2) is 8.42 Å². The van der Waals surface area contributed by atoms with Gasteiger partial charge in [0.05, 0.1) is 6.26 Å². The van der Waals surface area contributed by atoms with E-state index in [0.717, 1.165) is 12.7 Å². The zero-order valence-electron chi connectivity index (χ0n) is 11.4. The first kappa shape index (κ1) is 15.5. The lowest BCUT2D eigenvalue weighted by molar-refractivity contribution is 0.0952. The number of hydrogen-bond acceptors (Lipinski definition) is 3. The fourth-order valence-electron chi connectivity index (χ4n) is 1.51. The van der Waals surface area contributed by atoms with Gasteiger partial charge in [-0.2, -0.15) is 0 Å². The highest BCUT2D eigenvalue weighted by molar-refractivity contribution is 7.92. The molecule has 1 aromatic rings. The molecule has 0 saturated heterocycles. The molecule has 19 heavy (non-hydrogen) atoms. The van der Waals surface area contributed by atoms with Crippen LogP contribution in [0.4, 0.5) is 5.69 Å². The quantitative estimate of drug-likeness (QED) is 0.837. The summed E-state index contributed by atoms with van der Waals surface area (Å²) in [7, 11) is -3.33. The molecule has 0 heterocycles. The van der Waals surface area contributed by atoms with Gasteiger partial charge in [-0.3, -0.25) is 9.52 Å². The van der Waals surface area contributed by atoms with Gasteiger partial charge in [-0.05, 0) is 30.5 Å². The Bertz CT molecular complexity index is 539. The van der Waals surface area contributed by atoms with Crippen molar-refractivity contribution in [1.82, 2.24) is 5.32 Å².